The maximum Gasteiger partial charge on any atom is 0.0700 e. The van der Waals surface area contributed by atoms with Crippen LogP contribution in [0.5, 0.6) is 0 Å². The molecular formula is C13H27NO. The van der Waals surface area contributed by atoms with Gasteiger partial charge in [0.15, 0.2) is 0 Å². The molecule has 15 heavy (non-hydrogen) atoms. The minimum absolute atomic E-state index is 0.397. The molecular weight excluding hydrogens is 186 g/mol. The molecule has 90 valence electrons. The van der Waals surface area contributed by atoms with Crippen molar-refractivity contribution in [3.63, 3.8) is 0 Å². The van der Waals surface area contributed by atoms with Crippen molar-refractivity contribution in [1.82, 2.24) is 5.32 Å². The lowest BCUT2D eigenvalue weighted by atomic mass is 9.79. The molecule has 1 fully saturated rings. The molecule has 0 aromatic rings. The van der Waals surface area contributed by atoms with Crippen LogP contribution in [-0.4, -0.2) is 25.3 Å². The molecule has 1 rings (SSSR count). The van der Waals surface area contributed by atoms with E-state index in [1.54, 1.807) is 0 Å². The Labute approximate surface area is 94.8 Å². The summed E-state index contributed by atoms with van der Waals surface area (Å²) in [6.07, 6.45) is 5.39. The molecule has 2 atom stereocenters. The summed E-state index contributed by atoms with van der Waals surface area (Å²) in [7, 11) is 0. The van der Waals surface area contributed by atoms with Crippen molar-refractivity contribution in [3.8, 4) is 0 Å². The number of rotatable bonds is 6. The van der Waals surface area contributed by atoms with Gasteiger partial charge in [0.25, 0.3) is 0 Å². The van der Waals surface area contributed by atoms with Gasteiger partial charge in [0, 0.05) is 19.2 Å². The maximum absolute atomic E-state index is 5.57. The minimum Gasteiger partial charge on any atom is -0.377 e. The fourth-order valence-electron chi connectivity index (χ4n) is 2.47. The van der Waals surface area contributed by atoms with Gasteiger partial charge in [-0.3, -0.25) is 0 Å². The summed E-state index contributed by atoms with van der Waals surface area (Å²) in [5.41, 5.74) is 0.502. The van der Waals surface area contributed by atoms with Crippen LogP contribution >= 0.6 is 0 Å². The van der Waals surface area contributed by atoms with Crippen molar-refractivity contribution < 1.29 is 4.74 Å². The van der Waals surface area contributed by atoms with Gasteiger partial charge < -0.3 is 10.1 Å². The zero-order valence-corrected chi connectivity index (χ0v) is 10.8. The van der Waals surface area contributed by atoms with Crippen molar-refractivity contribution in [1.29, 1.82) is 0 Å². The summed E-state index contributed by atoms with van der Waals surface area (Å²) >= 11 is 0. The second kappa shape index (κ2) is 5.86. The molecule has 0 spiro atoms. The monoisotopic (exact) mass is 213 g/mol. The standard InChI is InChI=1S/C13H27NO/c1-5-13(6-2,7-3)10-14-12-8-9-15-11(12)4/h11-12,14H,5-10H2,1-4H3. The summed E-state index contributed by atoms with van der Waals surface area (Å²) < 4.78 is 5.57. The molecule has 1 aliphatic rings. The summed E-state index contributed by atoms with van der Waals surface area (Å²) in [6, 6.07) is 0.578. The summed E-state index contributed by atoms with van der Waals surface area (Å²) in [4.78, 5) is 0. The molecule has 0 radical (unpaired) electrons. The third kappa shape index (κ3) is 3.18. The van der Waals surface area contributed by atoms with E-state index in [0.29, 0.717) is 17.6 Å². The van der Waals surface area contributed by atoms with Crippen LogP contribution in [0.2, 0.25) is 0 Å². The average Bonchev–Trinajstić information content (AvgIpc) is 2.67. The topological polar surface area (TPSA) is 21.3 Å². The van der Waals surface area contributed by atoms with Crippen molar-refractivity contribution in [2.75, 3.05) is 13.2 Å². The molecule has 0 bridgehead atoms. The van der Waals surface area contributed by atoms with Crippen LogP contribution in [0, 0.1) is 5.41 Å². The number of hydrogen-bond donors (Lipinski definition) is 1. The van der Waals surface area contributed by atoms with Crippen LogP contribution in [0.15, 0.2) is 0 Å². The van der Waals surface area contributed by atoms with Gasteiger partial charge in [-0.2, -0.15) is 0 Å². The molecule has 2 nitrogen and oxygen atoms in total. The van der Waals surface area contributed by atoms with Gasteiger partial charge in [-0.25, -0.2) is 0 Å². The molecule has 1 saturated heterocycles. The van der Waals surface area contributed by atoms with Gasteiger partial charge >= 0.3 is 0 Å². The third-order valence-corrected chi connectivity index (χ3v) is 4.37. The Kier molecular flexibility index (Phi) is 5.07. The third-order valence-electron chi connectivity index (χ3n) is 4.37. The molecule has 2 unspecified atom stereocenters. The Morgan fingerprint density at radius 1 is 1.20 bits per heavy atom. The van der Waals surface area contributed by atoms with Crippen LogP contribution < -0.4 is 5.32 Å². The molecule has 0 aromatic carbocycles. The smallest absolute Gasteiger partial charge is 0.0700 e. The van der Waals surface area contributed by atoms with E-state index in [-0.39, 0.29) is 0 Å². The lowest BCUT2D eigenvalue weighted by Crippen LogP contribution is -2.42. The lowest BCUT2D eigenvalue weighted by Gasteiger charge is -2.32. The van der Waals surface area contributed by atoms with Gasteiger partial charge in [-0.1, -0.05) is 20.8 Å². The first kappa shape index (κ1) is 13.0. The van der Waals surface area contributed by atoms with Crippen LogP contribution in [0.25, 0.3) is 0 Å². The average molecular weight is 213 g/mol. The highest BCUT2D eigenvalue weighted by molar-refractivity contribution is 4.84. The summed E-state index contributed by atoms with van der Waals surface area (Å²) in [5, 5.41) is 3.70. The first-order chi connectivity index (χ1) is 7.17. The van der Waals surface area contributed by atoms with E-state index in [4.69, 9.17) is 4.74 Å². The van der Waals surface area contributed by atoms with Crippen LogP contribution in [-0.2, 0) is 4.74 Å². The van der Waals surface area contributed by atoms with Crippen molar-refractivity contribution in [3.05, 3.63) is 0 Å². The second-order valence-corrected chi connectivity index (χ2v) is 4.91. The van der Waals surface area contributed by atoms with E-state index < -0.39 is 0 Å². The van der Waals surface area contributed by atoms with Crippen molar-refractivity contribution in [2.45, 2.75) is 65.5 Å². The van der Waals surface area contributed by atoms with Crippen LogP contribution in [0.1, 0.15) is 53.4 Å². The number of ether oxygens (including phenoxy) is 1. The van der Waals surface area contributed by atoms with Gasteiger partial charge in [0.2, 0.25) is 0 Å². The predicted molar refractivity (Wildman–Crippen MR) is 65.1 cm³/mol. The normalized spacial score (nSPS) is 27.2. The first-order valence-electron chi connectivity index (χ1n) is 6.52. The molecule has 1 heterocycles. The van der Waals surface area contributed by atoms with Gasteiger partial charge in [-0.15, -0.1) is 0 Å². The fraction of sp³-hybridized carbons (Fsp3) is 1.00. The Bertz CT molecular complexity index is 169. The van der Waals surface area contributed by atoms with Crippen LogP contribution in [0.3, 0.4) is 0 Å². The van der Waals surface area contributed by atoms with E-state index in [0.717, 1.165) is 13.2 Å². The van der Waals surface area contributed by atoms with Gasteiger partial charge in [-0.05, 0) is 38.0 Å². The number of hydrogen-bond acceptors (Lipinski definition) is 2. The van der Waals surface area contributed by atoms with E-state index in [9.17, 15) is 0 Å². The zero-order chi connectivity index (χ0) is 11.3. The highest BCUT2D eigenvalue weighted by Gasteiger charge is 2.28. The largest absolute Gasteiger partial charge is 0.377 e. The Hall–Kier alpha value is -0.0800. The Morgan fingerprint density at radius 2 is 1.80 bits per heavy atom. The van der Waals surface area contributed by atoms with Gasteiger partial charge in [0.05, 0.1) is 6.10 Å². The van der Waals surface area contributed by atoms with Crippen molar-refractivity contribution >= 4 is 0 Å². The minimum atomic E-state index is 0.397. The second-order valence-electron chi connectivity index (χ2n) is 4.91. The van der Waals surface area contributed by atoms with E-state index >= 15 is 0 Å². The summed E-state index contributed by atoms with van der Waals surface area (Å²) in [6.45, 7) is 11.2. The van der Waals surface area contributed by atoms with Crippen molar-refractivity contribution in [2.24, 2.45) is 5.41 Å². The quantitative estimate of drug-likeness (QED) is 0.732. The molecule has 0 amide bonds. The predicted octanol–water partition coefficient (Wildman–Crippen LogP) is 2.97. The maximum atomic E-state index is 5.57. The van der Waals surface area contributed by atoms with Crippen LogP contribution in [0.4, 0.5) is 0 Å². The molecule has 0 aromatic heterocycles. The molecule has 2 heteroatoms. The van der Waals surface area contributed by atoms with Gasteiger partial charge in [0.1, 0.15) is 0 Å². The SMILES string of the molecule is CCC(CC)(CC)CNC1CCOC1C. The Morgan fingerprint density at radius 3 is 2.20 bits per heavy atom. The number of nitrogens with one attached hydrogen (secondary N) is 1. The highest BCUT2D eigenvalue weighted by atomic mass is 16.5. The molecule has 1 N–H and O–H groups in total. The fourth-order valence-corrected chi connectivity index (χ4v) is 2.47. The summed E-state index contributed by atoms with van der Waals surface area (Å²) in [5.74, 6) is 0. The molecule has 1 aliphatic heterocycles. The zero-order valence-electron chi connectivity index (χ0n) is 10.8. The highest BCUT2D eigenvalue weighted by Crippen LogP contribution is 2.30. The molecule has 0 saturated carbocycles. The van der Waals surface area contributed by atoms with E-state index in [1.807, 2.05) is 0 Å². The molecule has 0 aliphatic carbocycles. The first-order valence-corrected chi connectivity index (χ1v) is 6.52. The van der Waals surface area contributed by atoms with E-state index in [1.165, 1.54) is 25.7 Å². The van der Waals surface area contributed by atoms with E-state index in [2.05, 4.69) is 33.0 Å². The lowest BCUT2D eigenvalue weighted by molar-refractivity contribution is 0.108. The Balaban J connectivity index is 2.39.